The van der Waals surface area contributed by atoms with Crippen LogP contribution in [-0.4, -0.2) is 27.7 Å². The van der Waals surface area contributed by atoms with Crippen molar-refractivity contribution in [1.82, 2.24) is 9.97 Å². The van der Waals surface area contributed by atoms with Crippen molar-refractivity contribution in [2.24, 2.45) is 5.92 Å². The lowest BCUT2D eigenvalue weighted by Gasteiger charge is -2.15. The van der Waals surface area contributed by atoms with Crippen molar-refractivity contribution in [3.05, 3.63) is 40.5 Å². The smallest absolute Gasteiger partial charge is 0.347 e. The van der Waals surface area contributed by atoms with Crippen molar-refractivity contribution in [2.45, 2.75) is 32.6 Å². The highest BCUT2D eigenvalue weighted by molar-refractivity contribution is 7.17. The lowest BCUT2D eigenvalue weighted by Crippen LogP contribution is -2.08. The Balaban J connectivity index is 1.67. The monoisotopic (exact) mass is 400 g/mol. The lowest BCUT2D eigenvalue weighted by molar-refractivity contribution is 0.0701. The Morgan fingerprint density at radius 1 is 1.33 bits per heavy atom. The number of rotatable bonds is 6. The van der Waals surface area contributed by atoms with E-state index in [1.54, 1.807) is 23.8 Å². The molecule has 1 aliphatic carbocycles. The number of aryl methyl sites for hydroxylation is 1. The molecule has 1 aliphatic rings. The second-order valence-electron chi connectivity index (χ2n) is 6.78. The van der Waals surface area contributed by atoms with Crippen LogP contribution in [0.4, 0.5) is 0 Å². The zero-order valence-corrected chi connectivity index (χ0v) is 16.6. The van der Waals surface area contributed by atoms with E-state index in [-0.39, 0.29) is 4.88 Å². The third-order valence-corrected chi connectivity index (χ3v) is 6.87. The van der Waals surface area contributed by atoms with Crippen LogP contribution in [0.15, 0.2) is 29.9 Å². The van der Waals surface area contributed by atoms with Gasteiger partial charge < -0.3 is 9.84 Å². The van der Waals surface area contributed by atoms with Gasteiger partial charge >= 0.3 is 5.97 Å². The van der Waals surface area contributed by atoms with Gasteiger partial charge in [0.15, 0.2) is 0 Å². The molecule has 0 bridgehead atoms. The van der Waals surface area contributed by atoms with E-state index in [0.717, 1.165) is 28.4 Å². The van der Waals surface area contributed by atoms with Crippen LogP contribution < -0.4 is 4.74 Å². The van der Waals surface area contributed by atoms with Gasteiger partial charge in [0, 0.05) is 17.3 Å². The highest BCUT2D eigenvalue weighted by Crippen LogP contribution is 2.38. The topological polar surface area (TPSA) is 72.3 Å². The molecule has 140 valence electrons. The molecule has 0 saturated heterocycles. The van der Waals surface area contributed by atoms with Crippen LogP contribution in [0.5, 0.6) is 5.75 Å². The Morgan fingerprint density at radius 3 is 2.81 bits per heavy atom. The lowest BCUT2D eigenvalue weighted by atomic mass is 10.1. The molecule has 1 fully saturated rings. The van der Waals surface area contributed by atoms with E-state index in [9.17, 15) is 9.90 Å². The number of hydrogen-bond acceptors (Lipinski definition) is 6. The zero-order chi connectivity index (χ0) is 18.8. The van der Waals surface area contributed by atoms with Gasteiger partial charge in [0.1, 0.15) is 15.6 Å². The number of thiazole rings is 2. The molecule has 27 heavy (non-hydrogen) atoms. The van der Waals surface area contributed by atoms with Gasteiger partial charge in [0.2, 0.25) is 0 Å². The number of benzene rings is 1. The van der Waals surface area contributed by atoms with Gasteiger partial charge in [-0.1, -0.05) is 12.8 Å². The van der Waals surface area contributed by atoms with Crippen LogP contribution in [0.2, 0.25) is 0 Å². The maximum Gasteiger partial charge on any atom is 0.347 e. The maximum atomic E-state index is 11.3. The molecule has 0 aliphatic heterocycles. The Kier molecular flexibility index (Phi) is 5.22. The highest BCUT2D eigenvalue weighted by atomic mass is 32.1. The fraction of sp³-hybridized carbons (Fsp3) is 0.350. The van der Waals surface area contributed by atoms with Crippen LogP contribution in [-0.2, 0) is 0 Å². The first-order valence-electron chi connectivity index (χ1n) is 8.98. The Morgan fingerprint density at radius 2 is 2.15 bits per heavy atom. The summed E-state index contributed by atoms with van der Waals surface area (Å²) in [5, 5.41) is 10.00. The molecule has 1 aromatic carbocycles. The predicted octanol–water partition coefficient (Wildman–Crippen LogP) is 5.51. The molecule has 3 aromatic rings. The number of aromatic nitrogens is 2. The number of carboxylic acids is 1. The van der Waals surface area contributed by atoms with Gasteiger partial charge in [0.25, 0.3) is 0 Å². The molecular formula is C20H20N2O3S2. The zero-order valence-electron chi connectivity index (χ0n) is 15.0. The summed E-state index contributed by atoms with van der Waals surface area (Å²) in [6.07, 6.45) is 6.91. The van der Waals surface area contributed by atoms with E-state index in [1.807, 2.05) is 24.4 Å². The van der Waals surface area contributed by atoms with Gasteiger partial charge in [-0.05, 0) is 43.9 Å². The minimum absolute atomic E-state index is 0.283. The van der Waals surface area contributed by atoms with Crippen LogP contribution in [0.25, 0.3) is 21.0 Å². The minimum atomic E-state index is -0.935. The van der Waals surface area contributed by atoms with Crippen LogP contribution in [0.3, 0.4) is 0 Å². The first-order valence-corrected chi connectivity index (χ1v) is 10.7. The second kappa shape index (κ2) is 7.78. The first kappa shape index (κ1) is 18.1. The number of carboxylic acid groups (broad SMARTS) is 1. The van der Waals surface area contributed by atoms with Crippen molar-refractivity contribution in [3.63, 3.8) is 0 Å². The Bertz CT molecular complexity index is 944. The summed E-state index contributed by atoms with van der Waals surface area (Å²) in [6.45, 7) is 2.47. The summed E-state index contributed by atoms with van der Waals surface area (Å²) in [5.41, 5.74) is 4.23. The molecule has 0 atom stereocenters. The van der Waals surface area contributed by atoms with Gasteiger partial charge in [-0.25, -0.2) is 9.78 Å². The van der Waals surface area contributed by atoms with E-state index in [4.69, 9.17) is 4.74 Å². The van der Waals surface area contributed by atoms with Crippen LogP contribution >= 0.6 is 22.7 Å². The van der Waals surface area contributed by atoms with Crippen LogP contribution in [0, 0.1) is 12.8 Å². The SMILES string of the molecule is Cc1nc(-c2ccc(OCC3CCCC3)c(-c3cncs3)c2)sc1C(=O)O. The van der Waals surface area contributed by atoms with Crippen molar-refractivity contribution in [1.29, 1.82) is 0 Å². The fourth-order valence-electron chi connectivity index (χ4n) is 3.43. The molecule has 2 aromatic heterocycles. The molecule has 0 radical (unpaired) electrons. The van der Waals surface area contributed by atoms with E-state index in [1.165, 1.54) is 37.0 Å². The molecule has 2 heterocycles. The van der Waals surface area contributed by atoms with E-state index in [0.29, 0.717) is 16.6 Å². The summed E-state index contributed by atoms with van der Waals surface area (Å²) >= 11 is 2.77. The molecule has 5 nitrogen and oxygen atoms in total. The summed E-state index contributed by atoms with van der Waals surface area (Å²) in [5.74, 6) is 0.552. The third kappa shape index (κ3) is 3.89. The van der Waals surface area contributed by atoms with Crippen molar-refractivity contribution in [2.75, 3.05) is 6.61 Å². The maximum absolute atomic E-state index is 11.3. The van der Waals surface area contributed by atoms with Crippen molar-refractivity contribution in [3.8, 4) is 26.8 Å². The fourth-order valence-corrected chi connectivity index (χ4v) is 4.98. The van der Waals surface area contributed by atoms with Crippen molar-refractivity contribution < 1.29 is 14.6 Å². The average molecular weight is 401 g/mol. The predicted molar refractivity (Wildman–Crippen MR) is 108 cm³/mol. The van der Waals surface area contributed by atoms with E-state index < -0.39 is 5.97 Å². The summed E-state index contributed by atoms with van der Waals surface area (Å²) in [6, 6.07) is 5.95. The number of nitrogens with zero attached hydrogens (tertiary/aromatic N) is 2. The quantitative estimate of drug-likeness (QED) is 0.591. The minimum Gasteiger partial charge on any atom is -0.493 e. The molecule has 0 unspecified atom stereocenters. The summed E-state index contributed by atoms with van der Waals surface area (Å²) in [4.78, 5) is 21.3. The number of aromatic carboxylic acids is 1. The molecular weight excluding hydrogens is 380 g/mol. The van der Waals surface area contributed by atoms with Crippen LogP contribution in [0.1, 0.15) is 41.0 Å². The number of ether oxygens (including phenoxy) is 1. The number of carbonyl (C=O) groups is 1. The van der Waals surface area contributed by atoms with Gasteiger partial charge in [-0.2, -0.15) is 0 Å². The molecule has 0 spiro atoms. The molecule has 4 rings (SSSR count). The largest absolute Gasteiger partial charge is 0.493 e. The number of hydrogen-bond donors (Lipinski definition) is 1. The second-order valence-corrected chi connectivity index (χ2v) is 8.66. The van der Waals surface area contributed by atoms with Crippen molar-refractivity contribution >= 4 is 28.6 Å². The van der Waals surface area contributed by atoms with E-state index >= 15 is 0 Å². The molecule has 7 heteroatoms. The normalized spacial score (nSPS) is 14.6. The molecule has 1 N–H and O–H groups in total. The molecule has 1 saturated carbocycles. The summed E-state index contributed by atoms with van der Waals surface area (Å²) in [7, 11) is 0. The van der Waals surface area contributed by atoms with Gasteiger partial charge in [-0.3, -0.25) is 4.98 Å². The summed E-state index contributed by atoms with van der Waals surface area (Å²) < 4.78 is 6.17. The highest BCUT2D eigenvalue weighted by Gasteiger charge is 2.19. The third-order valence-electron chi connectivity index (χ3n) is 4.86. The standard InChI is InChI=1S/C20H20N2O3S2/c1-12-18(20(23)24)27-19(22-12)14-6-7-16(25-10-13-4-2-3-5-13)15(8-14)17-9-21-11-26-17/h6-9,11,13H,2-5,10H2,1H3,(H,23,24). The van der Waals surface area contributed by atoms with Gasteiger partial charge in [0.05, 0.1) is 22.7 Å². The van der Waals surface area contributed by atoms with E-state index in [2.05, 4.69) is 9.97 Å². The molecule has 0 amide bonds. The average Bonchev–Trinajstić information content (AvgIpc) is 3.41. The Labute approximate surface area is 165 Å². The first-order chi connectivity index (χ1) is 13.1. The van der Waals surface area contributed by atoms with Gasteiger partial charge in [-0.15, -0.1) is 22.7 Å². The Hall–Kier alpha value is -2.25.